The zero-order chi connectivity index (χ0) is 19.3. The molecule has 1 saturated heterocycles. The third-order valence-corrected chi connectivity index (χ3v) is 4.54. The number of carbonyl (C=O) groups excluding carboxylic acids is 1. The van der Waals surface area contributed by atoms with E-state index in [-0.39, 0.29) is 12.1 Å². The van der Waals surface area contributed by atoms with Gasteiger partial charge in [-0.15, -0.1) is 0 Å². The summed E-state index contributed by atoms with van der Waals surface area (Å²) in [7, 11) is 1.70. The molecule has 7 heteroatoms. The molecule has 0 spiro atoms. The summed E-state index contributed by atoms with van der Waals surface area (Å²) < 4.78 is 10.8. The van der Waals surface area contributed by atoms with Gasteiger partial charge in [0.05, 0.1) is 12.6 Å². The van der Waals surface area contributed by atoms with Crippen molar-refractivity contribution in [3.05, 3.63) is 28.5 Å². The number of pyridine rings is 1. The number of halogens is 1. The highest BCUT2D eigenvalue weighted by Gasteiger charge is 2.33. The van der Waals surface area contributed by atoms with Crippen LogP contribution in [0.4, 0.5) is 4.79 Å². The SMILES string of the molecule is CCc1cc(C2CN(C(=O)OC(C)(C)C)CCN2CCOC)cc(Cl)n1. The largest absolute Gasteiger partial charge is 0.444 e. The fourth-order valence-corrected chi connectivity index (χ4v) is 3.29. The number of rotatable bonds is 5. The van der Waals surface area contributed by atoms with Gasteiger partial charge in [-0.1, -0.05) is 18.5 Å². The topological polar surface area (TPSA) is 54.9 Å². The third-order valence-electron chi connectivity index (χ3n) is 4.34. The molecule has 1 aliphatic heterocycles. The quantitative estimate of drug-likeness (QED) is 0.728. The number of aryl methyl sites for hydroxylation is 1. The molecule has 1 aromatic rings. The molecule has 0 aliphatic carbocycles. The summed E-state index contributed by atoms with van der Waals surface area (Å²) in [5, 5.41) is 0.487. The van der Waals surface area contributed by atoms with Gasteiger partial charge in [-0.25, -0.2) is 9.78 Å². The third kappa shape index (κ3) is 5.83. The van der Waals surface area contributed by atoms with E-state index < -0.39 is 5.60 Å². The standard InChI is InChI=1S/C19H30ClN3O3/c1-6-15-11-14(12-17(20)21-15)16-13-23(18(24)26-19(2,3)4)8-7-22(16)9-10-25-5/h11-12,16H,6-10,13H2,1-5H3. The number of methoxy groups -OCH3 is 1. The first-order valence-electron chi connectivity index (χ1n) is 9.10. The molecule has 1 fully saturated rings. The van der Waals surface area contributed by atoms with E-state index in [1.807, 2.05) is 26.8 Å². The predicted molar refractivity (Wildman–Crippen MR) is 103 cm³/mol. The van der Waals surface area contributed by atoms with Crippen LogP contribution in [0.1, 0.15) is 45.0 Å². The molecule has 0 bridgehead atoms. The normalized spacial score (nSPS) is 18.8. The number of ether oxygens (including phenoxy) is 2. The molecule has 2 rings (SSSR count). The Morgan fingerprint density at radius 2 is 2.08 bits per heavy atom. The van der Waals surface area contributed by atoms with Crippen LogP contribution in [0.3, 0.4) is 0 Å². The van der Waals surface area contributed by atoms with E-state index in [0.29, 0.717) is 24.8 Å². The summed E-state index contributed by atoms with van der Waals surface area (Å²) in [6.45, 7) is 11.1. The predicted octanol–water partition coefficient (Wildman–Crippen LogP) is 3.54. The van der Waals surface area contributed by atoms with Crippen molar-refractivity contribution in [2.75, 3.05) is 39.9 Å². The van der Waals surface area contributed by atoms with Gasteiger partial charge >= 0.3 is 6.09 Å². The highest BCUT2D eigenvalue weighted by atomic mass is 35.5. The summed E-state index contributed by atoms with van der Waals surface area (Å²) in [6, 6.07) is 4.01. The van der Waals surface area contributed by atoms with Gasteiger partial charge in [-0.2, -0.15) is 0 Å². The van der Waals surface area contributed by atoms with Crippen molar-refractivity contribution in [3.63, 3.8) is 0 Å². The summed E-state index contributed by atoms with van der Waals surface area (Å²) in [5.41, 5.74) is 1.52. The maximum absolute atomic E-state index is 12.5. The lowest BCUT2D eigenvalue weighted by molar-refractivity contribution is -0.000217. The van der Waals surface area contributed by atoms with Crippen LogP contribution in [0.15, 0.2) is 12.1 Å². The van der Waals surface area contributed by atoms with Gasteiger partial charge in [0.1, 0.15) is 10.8 Å². The molecule has 1 amide bonds. The molecule has 1 atom stereocenters. The van der Waals surface area contributed by atoms with Gasteiger partial charge in [0.25, 0.3) is 0 Å². The summed E-state index contributed by atoms with van der Waals surface area (Å²) in [5.74, 6) is 0. The smallest absolute Gasteiger partial charge is 0.410 e. The maximum Gasteiger partial charge on any atom is 0.410 e. The molecule has 26 heavy (non-hydrogen) atoms. The minimum absolute atomic E-state index is 0.0391. The molecule has 0 saturated carbocycles. The van der Waals surface area contributed by atoms with Crippen LogP contribution in [-0.2, 0) is 15.9 Å². The molecule has 0 radical (unpaired) electrons. The van der Waals surface area contributed by atoms with Gasteiger partial charge < -0.3 is 14.4 Å². The Bertz CT molecular complexity index is 619. The molecule has 1 unspecified atom stereocenters. The second-order valence-electron chi connectivity index (χ2n) is 7.54. The Kier molecular flexibility index (Phi) is 7.26. The van der Waals surface area contributed by atoms with Crippen LogP contribution >= 0.6 is 11.6 Å². The van der Waals surface area contributed by atoms with Crippen molar-refractivity contribution in [1.82, 2.24) is 14.8 Å². The fraction of sp³-hybridized carbons (Fsp3) is 0.684. The lowest BCUT2D eigenvalue weighted by Crippen LogP contribution is -2.52. The summed E-state index contributed by atoms with van der Waals surface area (Å²) in [6.07, 6.45) is 0.540. The Hall–Kier alpha value is -1.37. The fourth-order valence-electron chi connectivity index (χ4n) is 3.05. The first-order chi connectivity index (χ1) is 12.2. The molecule has 1 aromatic heterocycles. The van der Waals surface area contributed by atoms with Gasteiger partial charge in [-0.05, 0) is 44.9 Å². The number of hydrogen-bond acceptors (Lipinski definition) is 5. The van der Waals surface area contributed by atoms with Crippen LogP contribution in [0.25, 0.3) is 0 Å². The first-order valence-corrected chi connectivity index (χ1v) is 9.48. The highest BCUT2D eigenvalue weighted by Crippen LogP contribution is 2.28. The Morgan fingerprint density at radius 3 is 2.69 bits per heavy atom. The number of amides is 1. The molecular formula is C19H30ClN3O3. The Balaban J connectivity index is 2.23. The maximum atomic E-state index is 12.5. The van der Waals surface area contributed by atoms with Crippen LogP contribution in [0, 0.1) is 0 Å². The average Bonchev–Trinajstić information content (AvgIpc) is 2.57. The van der Waals surface area contributed by atoms with Crippen molar-refractivity contribution < 1.29 is 14.3 Å². The second-order valence-corrected chi connectivity index (χ2v) is 7.93. The number of nitrogens with zero attached hydrogens (tertiary/aromatic N) is 3. The Morgan fingerprint density at radius 1 is 1.35 bits per heavy atom. The monoisotopic (exact) mass is 383 g/mol. The van der Waals surface area contributed by atoms with Crippen molar-refractivity contribution in [2.45, 2.75) is 45.8 Å². The zero-order valence-electron chi connectivity index (χ0n) is 16.4. The van der Waals surface area contributed by atoms with Crippen molar-refractivity contribution >= 4 is 17.7 Å². The zero-order valence-corrected chi connectivity index (χ0v) is 17.2. The highest BCUT2D eigenvalue weighted by molar-refractivity contribution is 6.29. The summed E-state index contributed by atoms with van der Waals surface area (Å²) >= 11 is 6.23. The number of carbonyl (C=O) groups is 1. The van der Waals surface area contributed by atoms with Crippen molar-refractivity contribution in [2.24, 2.45) is 0 Å². The lowest BCUT2D eigenvalue weighted by atomic mass is 10.0. The molecule has 1 aliphatic rings. The molecular weight excluding hydrogens is 354 g/mol. The van der Waals surface area contributed by atoms with Gasteiger partial charge in [0, 0.05) is 39.0 Å². The van der Waals surface area contributed by atoms with Crippen molar-refractivity contribution in [1.29, 1.82) is 0 Å². The number of piperazine rings is 1. The van der Waals surface area contributed by atoms with Crippen LogP contribution in [0.5, 0.6) is 0 Å². The molecule has 2 heterocycles. The van der Waals surface area contributed by atoms with Gasteiger partial charge in [-0.3, -0.25) is 4.90 Å². The molecule has 0 aromatic carbocycles. The van der Waals surface area contributed by atoms with Crippen LogP contribution < -0.4 is 0 Å². The van der Waals surface area contributed by atoms with Crippen LogP contribution in [0.2, 0.25) is 5.15 Å². The van der Waals surface area contributed by atoms with E-state index in [2.05, 4.69) is 22.9 Å². The average molecular weight is 384 g/mol. The van der Waals surface area contributed by atoms with E-state index in [9.17, 15) is 4.79 Å². The molecule has 6 nitrogen and oxygen atoms in total. The van der Waals surface area contributed by atoms with Crippen LogP contribution in [-0.4, -0.2) is 66.4 Å². The minimum atomic E-state index is -0.505. The molecule has 146 valence electrons. The van der Waals surface area contributed by atoms with Crippen molar-refractivity contribution in [3.8, 4) is 0 Å². The Labute approximate surface area is 161 Å². The molecule has 0 N–H and O–H groups in total. The summed E-state index contributed by atoms with van der Waals surface area (Å²) in [4.78, 5) is 21.0. The van der Waals surface area contributed by atoms with E-state index in [0.717, 1.165) is 30.8 Å². The van der Waals surface area contributed by atoms with E-state index in [1.165, 1.54) is 0 Å². The van der Waals surface area contributed by atoms with E-state index >= 15 is 0 Å². The van der Waals surface area contributed by atoms with E-state index in [1.54, 1.807) is 12.0 Å². The second kappa shape index (κ2) is 9.02. The number of hydrogen-bond donors (Lipinski definition) is 0. The number of aromatic nitrogens is 1. The lowest BCUT2D eigenvalue weighted by Gasteiger charge is -2.41. The first kappa shape index (κ1) is 20.9. The minimum Gasteiger partial charge on any atom is -0.444 e. The van der Waals surface area contributed by atoms with E-state index in [4.69, 9.17) is 21.1 Å². The van der Waals surface area contributed by atoms with Gasteiger partial charge in [0.15, 0.2) is 0 Å². The van der Waals surface area contributed by atoms with Gasteiger partial charge in [0.2, 0.25) is 0 Å².